The number of anilines is 1. The maximum Gasteiger partial charge on any atom is 0.490 e. The first kappa shape index (κ1) is 22.1. The largest absolute Gasteiger partial charge is 0.490 e. The van der Waals surface area contributed by atoms with E-state index in [9.17, 15) is 21.6 Å². The van der Waals surface area contributed by atoms with Gasteiger partial charge in [-0.2, -0.15) is 17.5 Å². The number of rotatable bonds is 3. The second-order valence-electron chi connectivity index (χ2n) is 7.46. The van der Waals surface area contributed by atoms with E-state index in [1.807, 2.05) is 18.2 Å². The molecule has 0 radical (unpaired) electrons. The van der Waals surface area contributed by atoms with Gasteiger partial charge in [0.05, 0.1) is 6.33 Å². The number of hydrogen-bond acceptors (Lipinski definition) is 5. The molecule has 0 bridgehead atoms. The van der Waals surface area contributed by atoms with Gasteiger partial charge in [-0.3, -0.25) is 0 Å². The fourth-order valence-electron chi connectivity index (χ4n) is 3.58. The number of carbonyl (C=O) groups is 1. The first-order chi connectivity index (χ1) is 13.9. The molecule has 12 heteroatoms. The zero-order chi connectivity index (χ0) is 22.2. The number of sulfonamides is 1. The van der Waals surface area contributed by atoms with Crippen LogP contribution < -0.4 is 4.90 Å². The van der Waals surface area contributed by atoms with Crippen LogP contribution in [0.4, 0.5) is 18.9 Å². The van der Waals surface area contributed by atoms with Gasteiger partial charge in [0, 0.05) is 50.5 Å². The minimum Gasteiger partial charge on any atom is -0.475 e. The number of para-hydroxylation sites is 1. The molecule has 2 saturated heterocycles. The highest BCUT2D eigenvalue weighted by atomic mass is 32.2. The number of aliphatic carboxylic acids is 1. The van der Waals surface area contributed by atoms with Gasteiger partial charge in [-0.25, -0.2) is 18.2 Å². The molecule has 4 rings (SSSR count). The third-order valence-corrected chi connectivity index (χ3v) is 6.79. The molecule has 8 nitrogen and oxygen atoms in total. The van der Waals surface area contributed by atoms with Crippen molar-refractivity contribution in [1.82, 2.24) is 13.9 Å². The Kier molecular flexibility index (Phi) is 5.83. The van der Waals surface area contributed by atoms with Gasteiger partial charge in [-0.15, -0.1) is 0 Å². The summed E-state index contributed by atoms with van der Waals surface area (Å²) >= 11 is 0. The number of hydrogen-bond donors (Lipinski definition) is 1. The monoisotopic (exact) mass is 446 g/mol. The molecule has 2 aliphatic heterocycles. The van der Waals surface area contributed by atoms with Crippen LogP contribution >= 0.6 is 0 Å². The highest BCUT2D eigenvalue weighted by Gasteiger charge is 2.52. The van der Waals surface area contributed by atoms with Gasteiger partial charge in [0.25, 0.3) is 10.0 Å². The Morgan fingerprint density at radius 3 is 2.27 bits per heavy atom. The predicted molar refractivity (Wildman–Crippen MR) is 101 cm³/mol. The van der Waals surface area contributed by atoms with Gasteiger partial charge in [-0.05, 0) is 18.6 Å². The second-order valence-corrected chi connectivity index (χ2v) is 9.35. The fourth-order valence-corrected chi connectivity index (χ4v) is 5.21. The highest BCUT2D eigenvalue weighted by molar-refractivity contribution is 7.89. The molecule has 2 aliphatic rings. The van der Waals surface area contributed by atoms with Crippen molar-refractivity contribution in [1.29, 1.82) is 0 Å². The van der Waals surface area contributed by atoms with Crippen LogP contribution in [0.3, 0.4) is 0 Å². The first-order valence-corrected chi connectivity index (χ1v) is 10.5. The topological polar surface area (TPSA) is 95.7 Å². The standard InChI is InChI=1S/C16H20N4O2S.C2HF3O2/c1-18-9-15(17-13-18)23(21,22)20-11-16(12-20)7-8-19(10-16)14-5-3-2-4-6-14;3-2(4,5)1(6)7/h2-6,9,13H,7-8,10-12H2,1H3;(H,6,7). The van der Waals surface area contributed by atoms with Gasteiger partial charge in [-0.1, -0.05) is 18.2 Å². The van der Waals surface area contributed by atoms with E-state index in [0.717, 1.165) is 19.5 Å². The van der Waals surface area contributed by atoms with Crippen LogP contribution in [0.25, 0.3) is 0 Å². The molecular weight excluding hydrogens is 425 g/mol. The van der Waals surface area contributed by atoms with Crippen molar-refractivity contribution in [3.63, 3.8) is 0 Å². The molecule has 0 atom stereocenters. The van der Waals surface area contributed by atoms with Crippen LogP contribution in [0, 0.1) is 5.41 Å². The van der Waals surface area contributed by atoms with E-state index in [2.05, 4.69) is 22.0 Å². The Morgan fingerprint density at radius 2 is 1.77 bits per heavy atom. The van der Waals surface area contributed by atoms with E-state index in [-0.39, 0.29) is 10.4 Å². The third kappa shape index (κ3) is 4.59. The summed E-state index contributed by atoms with van der Waals surface area (Å²) in [6, 6.07) is 10.3. The van der Waals surface area contributed by atoms with Gasteiger partial charge in [0.2, 0.25) is 0 Å². The smallest absolute Gasteiger partial charge is 0.475 e. The summed E-state index contributed by atoms with van der Waals surface area (Å²) in [6.07, 6.45) is -0.962. The van der Waals surface area contributed by atoms with Gasteiger partial charge in [0.1, 0.15) is 0 Å². The van der Waals surface area contributed by atoms with Crippen LogP contribution in [-0.4, -0.2) is 65.7 Å². The predicted octanol–water partition coefficient (Wildman–Crippen LogP) is 1.95. The normalized spacial score (nSPS) is 18.6. The molecule has 1 aromatic carbocycles. The average Bonchev–Trinajstić information content (AvgIpc) is 3.28. The second kappa shape index (κ2) is 7.91. The van der Waals surface area contributed by atoms with Crippen LogP contribution in [0.5, 0.6) is 0 Å². The molecule has 2 fully saturated rings. The lowest BCUT2D eigenvalue weighted by atomic mass is 9.81. The van der Waals surface area contributed by atoms with Crippen molar-refractivity contribution < 1.29 is 31.5 Å². The molecule has 1 spiro atoms. The molecule has 1 aromatic heterocycles. The molecule has 2 aromatic rings. The van der Waals surface area contributed by atoms with Crippen molar-refractivity contribution in [3.8, 4) is 0 Å². The summed E-state index contributed by atoms with van der Waals surface area (Å²) in [5.41, 5.74) is 1.31. The quantitative estimate of drug-likeness (QED) is 0.775. The van der Waals surface area contributed by atoms with Crippen LogP contribution in [0.2, 0.25) is 0 Å². The Bertz CT molecular complexity index is 1000. The molecule has 164 valence electrons. The van der Waals surface area contributed by atoms with E-state index in [1.165, 1.54) is 12.0 Å². The molecule has 0 saturated carbocycles. The molecule has 0 aliphatic carbocycles. The fraction of sp³-hybridized carbons (Fsp3) is 0.444. The van der Waals surface area contributed by atoms with Crippen molar-refractivity contribution >= 4 is 21.7 Å². The van der Waals surface area contributed by atoms with Gasteiger partial charge < -0.3 is 14.6 Å². The van der Waals surface area contributed by atoms with E-state index in [0.29, 0.717) is 13.1 Å². The van der Waals surface area contributed by atoms with Crippen molar-refractivity contribution in [2.24, 2.45) is 12.5 Å². The highest BCUT2D eigenvalue weighted by Crippen LogP contribution is 2.43. The van der Waals surface area contributed by atoms with Crippen LogP contribution in [-0.2, 0) is 21.9 Å². The van der Waals surface area contributed by atoms with Crippen molar-refractivity contribution in [2.45, 2.75) is 17.6 Å². The lowest BCUT2D eigenvalue weighted by molar-refractivity contribution is -0.192. The number of carboxylic acids is 1. The molecule has 0 unspecified atom stereocenters. The number of imidazole rings is 1. The zero-order valence-electron chi connectivity index (χ0n) is 16.1. The van der Waals surface area contributed by atoms with Crippen LogP contribution in [0.1, 0.15) is 6.42 Å². The summed E-state index contributed by atoms with van der Waals surface area (Å²) < 4.78 is 60.1. The molecule has 30 heavy (non-hydrogen) atoms. The molecule has 0 amide bonds. The molecule has 3 heterocycles. The van der Waals surface area contributed by atoms with E-state index < -0.39 is 22.2 Å². The van der Waals surface area contributed by atoms with Crippen molar-refractivity contribution in [3.05, 3.63) is 42.9 Å². The van der Waals surface area contributed by atoms with Crippen LogP contribution in [0.15, 0.2) is 47.9 Å². The number of halogens is 3. The lowest BCUT2D eigenvalue weighted by Gasteiger charge is -2.46. The minimum absolute atomic E-state index is 0.0949. The summed E-state index contributed by atoms with van der Waals surface area (Å²) in [6.45, 7) is 3.09. The SMILES string of the molecule is Cn1cnc(S(=O)(=O)N2CC3(CCN(c4ccccc4)C3)C2)c1.O=C(O)C(F)(F)F. The number of aromatic nitrogens is 2. The average molecular weight is 446 g/mol. The molecule has 1 N–H and O–H groups in total. The Morgan fingerprint density at radius 1 is 1.17 bits per heavy atom. The first-order valence-electron chi connectivity index (χ1n) is 9.01. The number of benzene rings is 1. The van der Waals surface area contributed by atoms with E-state index in [4.69, 9.17) is 9.90 Å². The van der Waals surface area contributed by atoms with E-state index in [1.54, 1.807) is 22.1 Å². The number of nitrogens with zero attached hydrogens (tertiary/aromatic N) is 4. The summed E-state index contributed by atoms with van der Waals surface area (Å²) in [5, 5.41) is 7.27. The number of aryl methyl sites for hydroxylation is 1. The molecular formula is C18H21F3N4O4S. The zero-order valence-corrected chi connectivity index (χ0v) is 16.9. The summed E-state index contributed by atoms with van der Waals surface area (Å²) in [7, 11) is -1.67. The number of alkyl halides is 3. The summed E-state index contributed by atoms with van der Waals surface area (Å²) in [5.74, 6) is -2.76. The number of carboxylic acid groups (broad SMARTS) is 1. The van der Waals surface area contributed by atoms with Gasteiger partial charge in [0.15, 0.2) is 5.03 Å². The minimum atomic E-state index is -5.08. The van der Waals surface area contributed by atoms with Crippen molar-refractivity contribution in [2.75, 3.05) is 31.1 Å². The maximum atomic E-state index is 12.6. The van der Waals surface area contributed by atoms with E-state index >= 15 is 0 Å². The Labute approximate surface area is 171 Å². The Hall–Kier alpha value is -2.60. The Balaban J connectivity index is 0.000000318. The third-order valence-electron chi connectivity index (χ3n) is 5.11. The lowest BCUT2D eigenvalue weighted by Crippen LogP contribution is -2.59. The van der Waals surface area contributed by atoms with Gasteiger partial charge >= 0.3 is 12.1 Å². The maximum absolute atomic E-state index is 12.6. The summed E-state index contributed by atoms with van der Waals surface area (Å²) in [4.78, 5) is 15.2.